The Balaban J connectivity index is 0.000000330. The maximum absolute atomic E-state index is 13.6. The van der Waals surface area contributed by atoms with E-state index in [1.165, 1.54) is 25.3 Å². The van der Waals surface area contributed by atoms with Crippen molar-refractivity contribution >= 4 is 18.6 Å². The molecule has 7 heteroatoms. The molecule has 1 aliphatic carbocycles. The Labute approximate surface area is 193 Å². The molecular weight excluding hydrogens is 415 g/mol. The van der Waals surface area contributed by atoms with Crippen molar-refractivity contribution in [3.05, 3.63) is 29.6 Å². The van der Waals surface area contributed by atoms with E-state index in [9.17, 15) is 9.18 Å². The van der Waals surface area contributed by atoms with Crippen LogP contribution in [-0.4, -0.2) is 38.0 Å². The van der Waals surface area contributed by atoms with Gasteiger partial charge in [-0.25, -0.2) is 4.39 Å². The third kappa shape index (κ3) is 12.3. The normalized spacial score (nSPS) is 14.4. The molecule has 0 amide bonds. The van der Waals surface area contributed by atoms with E-state index in [4.69, 9.17) is 15.2 Å². The van der Waals surface area contributed by atoms with Crippen LogP contribution >= 0.6 is 12.6 Å². The van der Waals surface area contributed by atoms with E-state index in [-0.39, 0.29) is 23.2 Å². The number of benzene rings is 1. The summed E-state index contributed by atoms with van der Waals surface area (Å²) in [6.45, 7) is 10.3. The molecule has 1 aromatic carbocycles. The Morgan fingerprint density at radius 3 is 2.58 bits per heavy atom. The summed E-state index contributed by atoms with van der Waals surface area (Å²) in [7, 11) is 0. The van der Waals surface area contributed by atoms with E-state index in [0.717, 1.165) is 30.7 Å². The van der Waals surface area contributed by atoms with E-state index < -0.39 is 0 Å². The van der Waals surface area contributed by atoms with Crippen LogP contribution in [0.25, 0.3) is 0 Å². The molecule has 0 spiro atoms. The lowest BCUT2D eigenvalue weighted by Gasteiger charge is -2.27. The largest absolute Gasteiger partial charge is 0.490 e. The number of unbranched alkanes of at least 4 members (excludes halogenated alkanes) is 2. The second kappa shape index (κ2) is 14.7. The van der Waals surface area contributed by atoms with Gasteiger partial charge in [0.2, 0.25) is 0 Å². The van der Waals surface area contributed by atoms with Crippen LogP contribution in [0.2, 0.25) is 0 Å². The van der Waals surface area contributed by atoms with Gasteiger partial charge in [-0.3, -0.25) is 4.79 Å². The molecule has 0 radical (unpaired) electrons. The minimum absolute atomic E-state index is 0.0500. The van der Waals surface area contributed by atoms with Crippen LogP contribution in [0.15, 0.2) is 18.2 Å². The summed E-state index contributed by atoms with van der Waals surface area (Å²) in [4.78, 5) is 10.8. The number of ether oxygens (including phenoxy) is 2. The first kappa shape index (κ1) is 27.7. The second-order valence-electron chi connectivity index (χ2n) is 9.05. The minimum Gasteiger partial charge on any atom is -0.490 e. The quantitative estimate of drug-likeness (QED) is 0.237. The predicted molar refractivity (Wildman–Crippen MR) is 128 cm³/mol. The lowest BCUT2D eigenvalue weighted by molar-refractivity contribution is -0.141. The zero-order chi connectivity index (χ0) is 23.3. The molecule has 3 N–H and O–H groups in total. The van der Waals surface area contributed by atoms with E-state index >= 15 is 0 Å². The van der Waals surface area contributed by atoms with Crippen molar-refractivity contribution in [1.29, 1.82) is 0 Å². The Bertz CT molecular complexity index is 648. The molecule has 31 heavy (non-hydrogen) atoms. The maximum Gasteiger partial charge on any atom is 0.319 e. The lowest BCUT2D eigenvalue weighted by atomic mass is 9.83. The number of carbonyl (C=O) groups excluding carboxylic acids is 1. The van der Waals surface area contributed by atoms with Crippen molar-refractivity contribution in [1.82, 2.24) is 5.32 Å². The number of carbonyl (C=O) groups is 1. The molecule has 178 valence electrons. The third-order valence-electron chi connectivity index (χ3n) is 5.01. The number of hydrogen-bond donors (Lipinski definition) is 3. The van der Waals surface area contributed by atoms with Gasteiger partial charge < -0.3 is 20.5 Å². The van der Waals surface area contributed by atoms with E-state index in [0.29, 0.717) is 31.4 Å². The van der Waals surface area contributed by atoms with Crippen molar-refractivity contribution in [2.24, 2.45) is 17.1 Å². The minimum atomic E-state index is -0.305. The molecule has 5 nitrogen and oxygen atoms in total. The summed E-state index contributed by atoms with van der Waals surface area (Å²) in [6.07, 6.45) is 5.80. The van der Waals surface area contributed by atoms with E-state index in [1.54, 1.807) is 12.1 Å². The number of nitrogens with two attached hydrogens (primary N) is 1. The Hall–Kier alpha value is -1.31. The summed E-state index contributed by atoms with van der Waals surface area (Å²) < 4.78 is 23.9. The second-order valence-corrected chi connectivity index (χ2v) is 9.50. The molecule has 2 rings (SSSR count). The Morgan fingerprint density at radius 1 is 1.29 bits per heavy atom. The van der Waals surface area contributed by atoms with Gasteiger partial charge in [0.15, 0.2) is 11.6 Å². The molecule has 1 fully saturated rings. The molecule has 0 aliphatic heterocycles. The number of halogens is 1. The van der Waals surface area contributed by atoms with Crippen molar-refractivity contribution < 1.29 is 18.7 Å². The Kier molecular flexibility index (Phi) is 13.1. The van der Waals surface area contributed by atoms with Gasteiger partial charge >= 0.3 is 5.97 Å². The fourth-order valence-electron chi connectivity index (χ4n) is 2.76. The maximum atomic E-state index is 13.6. The summed E-state index contributed by atoms with van der Waals surface area (Å²) in [6, 6.07) is 4.81. The number of rotatable bonds is 12. The molecule has 1 aromatic rings. The summed E-state index contributed by atoms with van der Waals surface area (Å²) in [5.41, 5.74) is 7.06. The van der Waals surface area contributed by atoms with Gasteiger partial charge in [0.05, 0.1) is 19.8 Å². The topological polar surface area (TPSA) is 73.6 Å². The molecule has 1 aliphatic rings. The number of esters is 1. The van der Waals surface area contributed by atoms with Gasteiger partial charge in [0.1, 0.15) is 0 Å². The zero-order valence-corrected chi connectivity index (χ0v) is 20.5. The van der Waals surface area contributed by atoms with Crippen molar-refractivity contribution in [2.45, 2.75) is 65.8 Å². The number of nitrogens with one attached hydrogen (secondary N) is 1. The smallest absolute Gasteiger partial charge is 0.319 e. The van der Waals surface area contributed by atoms with Crippen molar-refractivity contribution in [2.75, 3.05) is 32.1 Å². The van der Waals surface area contributed by atoms with Crippen LogP contribution in [0, 0.1) is 17.2 Å². The summed E-state index contributed by atoms with van der Waals surface area (Å²) in [5, 5.41) is 3.03. The van der Waals surface area contributed by atoms with E-state index in [2.05, 4.69) is 38.7 Å². The fraction of sp³-hybridized carbons (Fsp3) is 0.708. The molecular formula is C24H41FN2O3S. The average Bonchev–Trinajstić information content (AvgIpc) is 3.54. The molecule has 0 bridgehead atoms. The van der Waals surface area contributed by atoms with Gasteiger partial charge in [-0.05, 0) is 73.9 Å². The van der Waals surface area contributed by atoms with Crippen LogP contribution in [0.3, 0.4) is 0 Å². The number of thiol groups is 1. The van der Waals surface area contributed by atoms with Crippen LogP contribution in [0.5, 0.6) is 5.75 Å². The Morgan fingerprint density at radius 2 is 2.00 bits per heavy atom. The predicted octanol–water partition coefficient (Wildman–Crippen LogP) is 4.90. The molecule has 1 unspecified atom stereocenters. The SMILES string of the molecule is CC(C)(C)C(N)c1ccc(F)c(OCC2CC2)c1.CCOC(=O)CNCCCCCS. The average molecular weight is 457 g/mol. The molecule has 0 heterocycles. The molecule has 0 saturated heterocycles. The highest BCUT2D eigenvalue weighted by Crippen LogP contribution is 2.34. The van der Waals surface area contributed by atoms with Gasteiger partial charge in [-0.1, -0.05) is 33.3 Å². The standard InChI is InChI=1S/C15H22FNO.C9H19NO2S/c1-15(2,3)14(17)11-6-7-12(16)13(8-11)18-9-10-4-5-10;1-2-12-9(11)8-10-6-4-3-5-7-13/h6-8,10,14H,4-5,9,17H2,1-3H3;10,13H,2-8H2,1H3. The van der Waals surface area contributed by atoms with Crippen LogP contribution in [-0.2, 0) is 9.53 Å². The first-order valence-corrected chi connectivity index (χ1v) is 12.0. The molecule has 0 aromatic heterocycles. The molecule has 1 atom stereocenters. The van der Waals surface area contributed by atoms with E-state index in [1.807, 2.05) is 6.92 Å². The van der Waals surface area contributed by atoms with Crippen molar-refractivity contribution in [3.8, 4) is 5.75 Å². The lowest BCUT2D eigenvalue weighted by Crippen LogP contribution is -2.26. The fourth-order valence-corrected chi connectivity index (χ4v) is 2.98. The molecule has 1 saturated carbocycles. The highest BCUT2D eigenvalue weighted by atomic mass is 32.1. The van der Waals surface area contributed by atoms with Gasteiger partial charge in [0, 0.05) is 6.04 Å². The first-order chi connectivity index (χ1) is 14.7. The number of hydrogen-bond acceptors (Lipinski definition) is 6. The first-order valence-electron chi connectivity index (χ1n) is 11.3. The van der Waals surface area contributed by atoms with Crippen molar-refractivity contribution in [3.63, 3.8) is 0 Å². The highest BCUT2D eigenvalue weighted by Gasteiger charge is 2.25. The highest BCUT2D eigenvalue weighted by molar-refractivity contribution is 7.80. The monoisotopic (exact) mass is 456 g/mol. The third-order valence-corrected chi connectivity index (χ3v) is 5.32. The van der Waals surface area contributed by atoms with Crippen LogP contribution in [0.1, 0.15) is 71.4 Å². The van der Waals surface area contributed by atoms with Crippen LogP contribution in [0.4, 0.5) is 4.39 Å². The van der Waals surface area contributed by atoms with Gasteiger partial charge in [-0.2, -0.15) is 12.6 Å². The van der Waals surface area contributed by atoms with Crippen LogP contribution < -0.4 is 15.8 Å². The van der Waals surface area contributed by atoms with Gasteiger partial charge in [-0.15, -0.1) is 0 Å². The van der Waals surface area contributed by atoms with Gasteiger partial charge in [0.25, 0.3) is 0 Å². The summed E-state index contributed by atoms with van der Waals surface area (Å²) >= 11 is 4.11. The summed E-state index contributed by atoms with van der Waals surface area (Å²) in [5.74, 6) is 1.42. The zero-order valence-electron chi connectivity index (χ0n) is 19.6.